The molecule has 2 rings (SSSR count). The first kappa shape index (κ1) is 9.98. The van der Waals surface area contributed by atoms with Gasteiger partial charge in [0.1, 0.15) is 5.75 Å². The van der Waals surface area contributed by atoms with Crippen LogP contribution in [-0.2, 0) is 20.7 Å². The lowest BCUT2D eigenvalue weighted by Crippen LogP contribution is -2.46. The van der Waals surface area contributed by atoms with Gasteiger partial charge >= 0.3 is 11.8 Å². The van der Waals surface area contributed by atoms with Crippen molar-refractivity contribution in [3.63, 3.8) is 0 Å². The highest BCUT2D eigenvalue weighted by atomic mass is 16.7. The number of methoxy groups -OCH3 is 2. The molecule has 15 heavy (non-hydrogen) atoms. The summed E-state index contributed by atoms with van der Waals surface area (Å²) >= 11 is 0. The molecule has 1 heterocycles. The highest BCUT2D eigenvalue weighted by Gasteiger charge is 2.48. The standard InChI is InChI=1S/C11H12O4/c1-13-10(12)11(14-2)7-8-5-3-4-6-9(8)15-11/h3-6H,7H2,1-2H3. The Morgan fingerprint density at radius 2 is 2.13 bits per heavy atom. The quantitative estimate of drug-likeness (QED) is 0.683. The highest BCUT2D eigenvalue weighted by Crippen LogP contribution is 2.35. The molecule has 1 atom stereocenters. The van der Waals surface area contributed by atoms with Crippen LogP contribution in [0.15, 0.2) is 24.3 Å². The lowest BCUT2D eigenvalue weighted by Gasteiger charge is -2.23. The Balaban J connectivity index is 2.33. The first-order chi connectivity index (χ1) is 7.22. The summed E-state index contributed by atoms with van der Waals surface area (Å²) in [6, 6.07) is 7.45. The van der Waals surface area contributed by atoms with E-state index in [2.05, 4.69) is 4.74 Å². The second-order valence-corrected chi connectivity index (χ2v) is 3.34. The van der Waals surface area contributed by atoms with Gasteiger partial charge in [-0.3, -0.25) is 0 Å². The minimum atomic E-state index is -1.31. The minimum Gasteiger partial charge on any atom is -0.464 e. The van der Waals surface area contributed by atoms with Crippen molar-refractivity contribution in [2.45, 2.75) is 12.2 Å². The van der Waals surface area contributed by atoms with Crippen molar-refractivity contribution in [1.29, 1.82) is 0 Å². The second kappa shape index (κ2) is 3.55. The molecule has 1 unspecified atom stereocenters. The molecule has 80 valence electrons. The third-order valence-corrected chi connectivity index (χ3v) is 2.50. The van der Waals surface area contributed by atoms with Gasteiger partial charge in [-0.2, -0.15) is 0 Å². The molecule has 0 saturated heterocycles. The van der Waals surface area contributed by atoms with E-state index in [1.165, 1.54) is 14.2 Å². The zero-order valence-corrected chi connectivity index (χ0v) is 8.65. The van der Waals surface area contributed by atoms with Crippen LogP contribution >= 0.6 is 0 Å². The molecule has 0 aromatic heterocycles. The Morgan fingerprint density at radius 1 is 1.40 bits per heavy atom. The van der Waals surface area contributed by atoms with Crippen molar-refractivity contribution < 1.29 is 19.0 Å². The van der Waals surface area contributed by atoms with E-state index < -0.39 is 11.8 Å². The molecule has 0 spiro atoms. The maximum absolute atomic E-state index is 11.6. The lowest BCUT2D eigenvalue weighted by atomic mass is 10.1. The van der Waals surface area contributed by atoms with E-state index >= 15 is 0 Å². The number of carbonyl (C=O) groups is 1. The number of hydrogen-bond donors (Lipinski definition) is 0. The summed E-state index contributed by atoms with van der Waals surface area (Å²) in [4.78, 5) is 11.6. The van der Waals surface area contributed by atoms with E-state index in [1.54, 1.807) is 6.07 Å². The Labute approximate surface area is 87.8 Å². The van der Waals surface area contributed by atoms with Gasteiger partial charge in [-0.05, 0) is 6.07 Å². The summed E-state index contributed by atoms with van der Waals surface area (Å²) in [6.45, 7) is 0. The number of carbonyl (C=O) groups excluding carboxylic acids is 1. The average molecular weight is 208 g/mol. The van der Waals surface area contributed by atoms with E-state index in [0.717, 1.165) is 5.56 Å². The number of esters is 1. The molecule has 0 radical (unpaired) electrons. The Bertz CT molecular complexity index is 361. The van der Waals surface area contributed by atoms with Crippen LogP contribution in [0.2, 0.25) is 0 Å². The molecule has 1 aromatic rings. The molecule has 0 amide bonds. The van der Waals surface area contributed by atoms with Gasteiger partial charge in [-0.25, -0.2) is 4.79 Å². The maximum Gasteiger partial charge on any atom is 0.379 e. The van der Waals surface area contributed by atoms with Gasteiger partial charge in [0.25, 0.3) is 0 Å². The molecular formula is C11H12O4. The molecule has 1 aromatic carbocycles. The summed E-state index contributed by atoms with van der Waals surface area (Å²) in [5, 5.41) is 0. The molecule has 0 saturated carbocycles. The zero-order chi connectivity index (χ0) is 10.9. The molecule has 4 heteroatoms. The second-order valence-electron chi connectivity index (χ2n) is 3.34. The van der Waals surface area contributed by atoms with Gasteiger partial charge in [0.05, 0.1) is 13.5 Å². The van der Waals surface area contributed by atoms with Crippen LogP contribution in [0.4, 0.5) is 0 Å². The van der Waals surface area contributed by atoms with Crippen molar-refractivity contribution >= 4 is 5.97 Å². The fourth-order valence-corrected chi connectivity index (χ4v) is 1.68. The Kier molecular flexibility index (Phi) is 2.36. The smallest absolute Gasteiger partial charge is 0.379 e. The summed E-state index contributed by atoms with van der Waals surface area (Å²) < 4.78 is 15.3. The third kappa shape index (κ3) is 1.47. The molecule has 0 N–H and O–H groups in total. The third-order valence-electron chi connectivity index (χ3n) is 2.50. The summed E-state index contributed by atoms with van der Waals surface area (Å²) in [5.74, 6) is -1.15. The first-order valence-corrected chi connectivity index (χ1v) is 4.62. The van der Waals surface area contributed by atoms with E-state index in [0.29, 0.717) is 12.2 Å². The van der Waals surface area contributed by atoms with Gasteiger partial charge in [-0.1, -0.05) is 18.2 Å². The number of para-hydroxylation sites is 1. The average Bonchev–Trinajstić information content (AvgIpc) is 2.67. The summed E-state index contributed by atoms with van der Waals surface area (Å²) in [7, 11) is 2.75. The molecule has 0 bridgehead atoms. The molecule has 1 aliphatic rings. The molecular weight excluding hydrogens is 196 g/mol. The molecule has 0 aliphatic carbocycles. The monoisotopic (exact) mass is 208 g/mol. The van der Waals surface area contributed by atoms with Crippen LogP contribution in [-0.4, -0.2) is 26.0 Å². The number of rotatable bonds is 2. The van der Waals surface area contributed by atoms with Gasteiger partial charge < -0.3 is 14.2 Å². The van der Waals surface area contributed by atoms with Crippen LogP contribution in [0, 0.1) is 0 Å². The van der Waals surface area contributed by atoms with Crippen molar-refractivity contribution in [3.05, 3.63) is 29.8 Å². The van der Waals surface area contributed by atoms with E-state index in [4.69, 9.17) is 9.47 Å². The predicted octanol–water partition coefficient (Wildman–Crippen LogP) is 1.14. The molecule has 0 fully saturated rings. The Morgan fingerprint density at radius 3 is 2.73 bits per heavy atom. The van der Waals surface area contributed by atoms with E-state index in [1.807, 2.05) is 18.2 Å². The van der Waals surface area contributed by atoms with Gasteiger partial charge in [-0.15, -0.1) is 0 Å². The normalized spacial score (nSPS) is 23.1. The van der Waals surface area contributed by atoms with Crippen LogP contribution in [0.1, 0.15) is 5.56 Å². The summed E-state index contributed by atoms with van der Waals surface area (Å²) in [6.07, 6.45) is 0.381. The van der Waals surface area contributed by atoms with Crippen LogP contribution in [0.3, 0.4) is 0 Å². The fraction of sp³-hybridized carbons (Fsp3) is 0.364. The number of fused-ring (bicyclic) bond motifs is 1. The topological polar surface area (TPSA) is 44.8 Å². The van der Waals surface area contributed by atoms with Crippen LogP contribution in [0.5, 0.6) is 5.75 Å². The SMILES string of the molecule is COC(=O)C1(OC)Cc2ccccc2O1. The number of benzene rings is 1. The molecule has 4 nitrogen and oxygen atoms in total. The minimum absolute atomic E-state index is 0.381. The van der Waals surface area contributed by atoms with Crippen molar-refractivity contribution in [3.8, 4) is 5.75 Å². The van der Waals surface area contributed by atoms with E-state index in [-0.39, 0.29) is 0 Å². The zero-order valence-electron chi connectivity index (χ0n) is 8.65. The van der Waals surface area contributed by atoms with E-state index in [9.17, 15) is 4.79 Å². The van der Waals surface area contributed by atoms with Gasteiger partial charge in [0.2, 0.25) is 0 Å². The lowest BCUT2D eigenvalue weighted by molar-refractivity contribution is -0.200. The number of ether oxygens (including phenoxy) is 3. The van der Waals surface area contributed by atoms with Crippen LogP contribution < -0.4 is 4.74 Å². The van der Waals surface area contributed by atoms with Crippen molar-refractivity contribution in [2.75, 3.05) is 14.2 Å². The molecule has 1 aliphatic heterocycles. The maximum atomic E-state index is 11.6. The first-order valence-electron chi connectivity index (χ1n) is 4.62. The van der Waals surface area contributed by atoms with Gasteiger partial charge in [0.15, 0.2) is 0 Å². The van der Waals surface area contributed by atoms with Crippen LogP contribution in [0.25, 0.3) is 0 Å². The summed E-state index contributed by atoms with van der Waals surface area (Å²) in [5.41, 5.74) is 0.949. The largest absolute Gasteiger partial charge is 0.464 e. The van der Waals surface area contributed by atoms with Crippen molar-refractivity contribution in [2.24, 2.45) is 0 Å². The fourth-order valence-electron chi connectivity index (χ4n) is 1.68. The van der Waals surface area contributed by atoms with Gasteiger partial charge in [0, 0.05) is 12.7 Å². The number of hydrogen-bond acceptors (Lipinski definition) is 4. The Hall–Kier alpha value is -1.55. The van der Waals surface area contributed by atoms with Crippen molar-refractivity contribution in [1.82, 2.24) is 0 Å². The predicted molar refractivity (Wildman–Crippen MR) is 52.5 cm³/mol. The highest BCUT2D eigenvalue weighted by molar-refractivity contribution is 5.80.